The largest absolute Gasteiger partial charge is 0.308 e. The predicted octanol–water partition coefficient (Wildman–Crippen LogP) is 4.14. The van der Waals surface area contributed by atoms with Gasteiger partial charge in [0.1, 0.15) is 5.82 Å². The van der Waals surface area contributed by atoms with Crippen LogP contribution in [0.3, 0.4) is 0 Å². The van der Waals surface area contributed by atoms with Gasteiger partial charge in [-0.3, -0.25) is 9.69 Å². The highest BCUT2D eigenvalue weighted by Crippen LogP contribution is 2.31. The highest BCUT2D eigenvalue weighted by atomic mass is 32.1. The highest BCUT2D eigenvalue weighted by molar-refractivity contribution is 7.22. The second-order valence-electron chi connectivity index (χ2n) is 6.77. The molecular weight excluding hydrogens is 361 g/mol. The number of anilines is 1. The summed E-state index contributed by atoms with van der Waals surface area (Å²) < 4.78 is 14.2. The summed E-state index contributed by atoms with van der Waals surface area (Å²) in [5.41, 5.74) is 2.96. The predicted molar refractivity (Wildman–Crippen MR) is 110 cm³/mol. The molecule has 1 aromatic heterocycles. The topological polar surface area (TPSA) is 36.4 Å². The van der Waals surface area contributed by atoms with Gasteiger partial charge < -0.3 is 4.90 Å². The van der Waals surface area contributed by atoms with Crippen molar-refractivity contribution in [3.63, 3.8) is 0 Å². The van der Waals surface area contributed by atoms with E-state index in [0.29, 0.717) is 6.54 Å². The number of thiazole rings is 1. The Hall–Kier alpha value is -2.31. The zero-order chi connectivity index (χ0) is 19.4. The van der Waals surface area contributed by atoms with Gasteiger partial charge in [-0.1, -0.05) is 42.5 Å². The summed E-state index contributed by atoms with van der Waals surface area (Å²) in [6.07, 6.45) is 1.13. The number of aromatic nitrogens is 1. The number of benzene rings is 2. The van der Waals surface area contributed by atoms with E-state index in [0.717, 1.165) is 33.9 Å². The van der Waals surface area contributed by atoms with E-state index in [1.165, 1.54) is 17.7 Å². The SMILES string of the molecule is CCc1cccc2sc(N(CCN(C)C)C(=O)Cc3ccc(F)cc3)nc12. The van der Waals surface area contributed by atoms with Gasteiger partial charge in [-0.15, -0.1) is 0 Å². The molecule has 0 aliphatic heterocycles. The van der Waals surface area contributed by atoms with Gasteiger partial charge in [0.25, 0.3) is 0 Å². The van der Waals surface area contributed by atoms with Crippen LogP contribution in [0.2, 0.25) is 0 Å². The lowest BCUT2D eigenvalue weighted by Crippen LogP contribution is -2.37. The molecule has 0 fully saturated rings. The van der Waals surface area contributed by atoms with Crippen molar-refractivity contribution in [3.05, 3.63) is 59.4 Å². The first-order valence-corrected chi connectivity index (χ1v) is 9.87. The number of carbonyl (C=O) groups is 1. The van der Waals surface area contributed by atoms with Gasteiger partial charge in [0, 0.05) is 13.1 Å². The number of fused-ring (bicyclic) bond motifs is 1. The van der Waals surface area contributed by atoms with Crippen LogP contribution in [0.1, 0.15) is 18.1 Å². The Bertz CT molecular complexity index is 921. The molecule has 27 heavy (non-hydrogen) atoms. The Labute approximate surface area is 163 Å². The molecule has 142 valence electrons. The standard InChI is InChI=1S/C21H24FN3OS/c1-4-16-6-5-7-18-20(16)23-21(27-18)25(13-12-24(2)3)19(26)14-15-8-10-17(22)11-9-15/h5-11H,4,12-14H2,1-3H3. The lowest BCUT2D eigenvalue weighted by molar-refractivity contribution is -0.118. The minimum Gasteiger partial charge on any atom is -0.308 e. The number of para-hydroxylation sites is 1. The smallest absolute Gasteiger partial charge is 0.233 e. The van der Waals surface area contributed by atoms with Crippen LogP contribution in [0.25, 0.3) is 10.2 Å². The maximum absolute atomic E-state index is 13.1. The van der Waals surface area contributed by atoms with E-state index in [1.807, 2.05) is 31.1 Å². The Morgan fingerprint density at radius 2 is 1.85 bits per heavy atom. The number of rotatable bonds is 7. The van der Waals surface area contributed by atoms with Crippen LogP contribution in [-0.2, 0) is 17.6 Å². The van der Waals surface area contributed by atoms with Crippen molar-refractivity contribution in [2.75, 3.05) is 32.1 Å². The molecule has 0 N–H and O–H groups in total. The fraction of sp³-hybridized carbons (Fsp3) is 0.333. The summed E-state index contributed by atoms with van der Waals surface area (Å²) in [5.74, 6) is -0.325. The molecular formula is C21H24FN3OS. The highest BCUT2D eigenvalue weighted by Gasteiger charge is 2.21. The van der Waals surface area contributed by atoms with Gasteiger partial charge in [-0.2, -0.15) is 0 Å². The quantitative estimate of drug-likeness (QED) is 0.613. The molecule has 0 saturated heterocycles. The Kier molecular flexibility index (Phi) is 6.19. The molecule has 0 spiro atoms. The molecule has 6 heteroatoms. The molecule has 4 nitrogen and oxygen atoms in total. The molecule has 0 atom stereocenters. The summed E-state index contributed by atoms with van der Waals surface area (Å²) in [7, 11) is 3.96. The van der Waals surface area contributed by atoms with E-state index in [2.05, 4.69) is 13.0 Å². The Morgan fingerprint density at radius 1 is 1.11 bits per heavy atom. The molecule has 2 aromatic carbocycles. The van der Waals surface area contributed by atoms with Gasteiger partial charge in [0.2, 0.25) is 5.91 Å². The van der Waals surface area contributed by atoms with Crippen molar-refractivity contribution in [1.82, 2.24) is 9.88 Å². The van der Waals surface area contributed by atoms with Crippen LogP contribution < -0.4 is 4.90 Å². The zero-order valence-corrected chi connectivity index (χ0v) is 16.7. The summed E-state index contributed by atoms with van der Waals surface area (Å²) in [5, 5.41) is 0.722. The van der Waals surface area contributed by atoms with E-state index in [4.69, 9.17) is 4.98 Å². The average molecular weight is 386 g/mol. The first kappa shape index (κ1) is 19.5. The van der Waals surface area contributed by atoms with Gasteiger partial charge >= 0.3 is 0 Å². The molecule has 0 bridgehead atoms. The maximum Gasteiger partial charge on any atom is 0.233 e. The zero-order valence-electron chi connectivity index (χ0n) is 15.9. The first-order valence-electron chi connectivity index (χ1n) is 9.06. The fourth-order valence-electron chi connectivity index (χ4n) is 2.89. The fourth-order valence-corrected chi connectivity index (χ4v) is 3.95. The van der Waals surface area contributed by atoms with Crippen LogP contribution in [0.15, 0.2) is 42.5 Å². The van der Waals surface area contributed by atoms with Gasteiger partial charge in [-0.25, -0.2) is 9.37 Å². The number of carbonyl (C=O) groups excluding carboxylic acids is 1. The van der Waals surface area contributed by atoms with Crippen LogP contribution in [0.4, 0.5) is 9.52 Å². The monoisotopic (exact) mass is 385 g/mol. The van der Waals surface area contributed by atoms with E-state index >= 15 is 0 Å². The summed E-state index contributed by atoms with van der Waals surface area (Å²) in [6, 6.07) is 12.2. The van der Waals surface area contributed by atoms with Crippen LogP contribution in [-0.4, -0.2) is 43.0 Å². The number of aryl methyl sites for hydroxylation is 1. The number of hydrogen-bond acceptors (Lipinski definition) is 4. The molecule has 1 amide bonds. The van der Waals surface area contributed by atoms with E-state index in [1.54, 1.807) is 28.4 Å². The average Bonchev–Trinajstić information content (AvgIpc) is 3.07. The minimum absolute atomic E-state index is 0.0273. The van der Waals surface area contributed by atoms with Crippen molar-refractivity contribution >= 4 is 32.6 Å². The van der Waals surface area contributed by atoms with E-state index in [9.17, 15) is 9.18 Å². The van der Waals surface area contributed by atoms with Crippen molar-refractivity contribution in [2.45, 2.75) is 19.8 Å². The molecule has 3 rings (SSSR count). The van der Waals surface area contributed by atoms with Crippen LogP contribution >= 0.6 is 11.3 Å². The van der Waals surface area contributed by atoms with E-state index in [-0.39, 0.29) is 18.1 Å². The number of likely N-dealkylation sites (N-methyl/N-ethyl adjacent to an activating group) is 1. The molecule has 0 radical (unpaired) electrons. The van der Waals surface area contributed by atoms with Gasteiger partial charge in [0.15, 0.2) is 5.13 Å². The molecule has 0 unspecified atom stereocenters. The summed E-state index contributed by atoms with van der Waals surface area (Å²) in [6.45, 7) is 3.41. The number of nitrogens with zero attached hydrogens (tertiary/aromatic N) is 3. The molecule has 0 aliphatic rings. The summed E-state index contributed by atoms with van der Waals surface area (Å²) >= 11 is 1.54. The number of amides is 1. The van der Waals surface area contributed by atoms with Crippen LogP contribution in [0, 0.1) is 5.82 Å². The molecule has 0 saturated carbocycles. The van der Waals surface area contributed by atoms with E-state index < -0.39 is 0 Å². The van der Waals surface area contributed by atoms with Crippen molar-refractivity contribution < 1.29 is 9.18 Å². The Balaban J connectivity index is 1.90. The lowest BCUT2D eigenvalue weighted by atomic mass is 10.1. The second-order valence-corrected chi connectivity index (χ2v) is 7.77. The number of hydrogen-bond donors (Lipinski definition) is 0. The lowest BCUT2D eigenvalue weighted by Gasteiger charge is -2.22. The van der Waals surface area contributed by atoms with Crippen molar-refractivity contribution in [1.29, 1.82) is 0 Å². The Morgan fingerprint density at radius 3 is 2.52 bits per heavy atom. The minimum atomic E-state index is -0.297. The molecule has 0 aliphatic carbocycles. The molecule has 3 aromatic rings. The maximum atomic E-state index is 13.1. The third-order valence-corrected chi connectivity index (χ3v) is 5.49. The summed E-state index contributed by atoms with van der Waals surface area (Å²) in [4.78, 5) is 21.6. The second kappa shape index (κ2) is 8.59. The van der Waals surface area contributed by atoms with Crippen molar-refractivity contribution in [2.24, 2.45) is 0 Å². The van der Waals surface area contributed by atoms with Crippen molar-refractivity contribution in [3.8, 4) is 0 Å². The first-order chi connectivity index (χ1) is 13.0. The van der Waals surface area contributed by atoms with Gasteiger partial charge in [-0.05, 0) is 49.8 Å². The molecule has 1 heterocycles. The number of halogens is 1. The van der Waals surface area contributed by atoms with Gasteiger partial charge in [0.05, 0.1) is 16.6 Å². The third-order valence-electron chi connectivity index (χ3n) is 4.44. The van der Waals surface area contributed by atoms with Crippen LogP contribution in [0.5, 0.6) is 0 Å². The third kappa shape index (κ3) is 4.70. The normalized spacial score (nSPS) is 11.3.